The number of aromatic nitrogens is 3. The molecule has 0 spiro atoms. The van der Waals surface area contributed by atoms with Gasteiger partial charge in [-0.05, 0) is 50.2 Å². The maximum atomic E-state index is 13.9. The molecule has 2 aromatic heterocycles. The van der Waals surface area contributed by atoms with Crippen molar-refractivity contribution in [3.8, 4) is 23.1 Å². The molecule has 1 saturated heterocycles. The number of carbonyl (C=O) groups excluding carboxylic acids is 1. The minimum absolute atomic E-state index is 0.0358. The van der Waals surface area contributed by atoms with Crippen molar-refractivity contribution in [1.82, 2.24) is 24.3 Å². The Morgan fingerprint density at radius 1 is 1.26 bits per heavy atom. The van der Waals surface area contributed by atoms with Gasteiger partial charge in [-0.1, -0.05) is 0 Å². The second-order valence-electron chi connectivity index (χ2n) is 8.55. The first-order valence-corrected chi connectivity index (χ1v) is 11.2. The van der Waals surface area contributed by atoms with Crippen LogP contribution >= 0.6 is 0 Å². The molecule has 0 radical (unpaired) electrons. The van der Waals surface area contributed by atoms with Gasteiger partial charge in [0.25, 0.3) is 0 Å². The number of imidazole rings is 1. The van der Waals surface area contributed by atoms with Crippen LogP contribution in [0.5, 0.6) is 5.75 Å². The Kier molecular flexibility index (Phi) is 6.93. The van der Waals surface area contributed by atoms with E-state index >= 15 is 0 Å². The number of carbonyl (C=O) groups is 1. The van der Waals surface area contributed by atoms with E-state index in [0.717, 1.165) is 32.0 Å². The van der Waals surface area contributed by atoms with E-state index in [1.807, 2.05) is 6.07 Å². The Balaban J connectivity index is 1.52. The van der Waals surface area contributed by atoms with Crippen molar-refractivity contribution >= 4 is 16.9 Å². The Bertz CT molecular complexity index is 1270. The summed E-state index contributed by atoms with van der Waals surface area (Å²) in [6.45, 7) is 2.15. The number of nitriles is 1. The fraction of sp³-hybridized carbons (Fsp3) is 0.417. The summed E-state index contributed by atoms with van der Waals surface area (Å²) in [7, 11) is 3.34. The molecule has 1 aliphatic rings. The van der Waals surface area contributed by atoms with Crippen LogP contribution < -0.4 is 4.74 Å². The molecule has 35 heavy (non-hydrogen) atoms. The largest absolute Gasteiger partial charge is 0.491 e. The Morgan fingerprint density at radius 3 is 2.69 bits per heavy atom. The van der Waals surface area contributed by atoms with E-state index in [9.17, 15) is 23.2 Å². The molecule has 0 atom stereocenters. The summed E-state index contributed by atoms with van der Waals surface area (Å²) >= 11 is 0. The maximum Gasteiger partial charge on any atom is 0.419 e. The molecule has 0 unspecified atom stereocenters. The van der Waals surface area contributed by atoms with Gasteiger partial charge in [-0.15, -0.1) is 0 Å². The Hall–Kier alpha value is -3.65. The quantitative estimate of drug-likeness (QED) is 0.508. The first-order chi connectivity index (χ1) is 16.7. The van der Waals surface area contributed by atoms with Gasteiger partial charge in [0, 0.05) is 19.7 Å². The standard InChI is InChI=1S/C24H25F3N6O2/c1-31(22(34)14-33-7-3-4-8-33)9-10-35-21-6-5-16(11-17(21)24(25,26)27)18-12-20-23(19(13-28)30-18)29-15-32(20)2/h5-6,11-12,15H,3-4,7-10,14H2,1-2H3. The highest BCUT2D eigenvalue weighted by atomic mass is 19.4. The summed E-state index contributed by atoms with van der Waals surface area (Å²) < 4.78 is 48.7. The van der Waals surface area contributed by atoms with Crippen molar-refractivity contribution in [3.05, 3.63) is 41.9 Å². The van der Waals surface area contributed by atoms with Gasteiger partial charge < -0.3 is 14.2 Å². The topological polar surface area (TPSA) is 87.3 Å². The summed E-state index contributed by atoms with van der Waals surface area (Å²) in [6.07, 6.45) is -1.02. The van der Waals surface area contributed by atoms with Crippen molar-refractivity contribution in [3.63, 3.8) is 0 Å². The first kappa shape index (κ1) is 24.5. The van der Waals surface area contributed by atoms with Crippen LogP contribution in [0.2, 0.25) is 0 Å². The number of alkyl halides is 3. The number of benzene rings is 1. The van der Waals surface area contributed by atoms with E-state index in [1.54, 1.807) is 24.7 Å². The van der Waals surface area contributed by atoms with E-state index in [-0.39, 0.29) is 41.8 Å². The molecule has 0 aliphatic carbocycles. The number of hydrogen-bond acceptors (Lipinski definition) is 6. The number of amides is 1. The van der Waals surface area contributed by atoms with E-state index < -0.39 is 11.7 Å². The number of fused-ring (bicyclic) bond motifs is 1. The zero-order valence-electron chi connectivity index (χ0n) is 19.5. The van der Waals surface area contributed by atoms with E-state index in [0.29, 0.717) is 17.6 Å². The van der Waals surface area contributed by atoms with Gasteiger partial charge in [-0.3, -0.25) is 9.69 Å². The zero-order chi connectivity index (χ0) is 25.2. The third-order valence-corrected chi connectivity index (χ3v) is 6.07. The van der Waals surface area contributed by atoms with Gasteiger partial charge in [0.05, 0.1) is 36.2 Å². The molecule has 3 heterocycles. The number of nitrogens with zero attached hydrogens (tertiary/aromatic N) is 6. The minimum atomic E-state index is -4.67. The van der Waals surface area contributed by atoms with Crippen LogP contribution in [0.1, 0.15) is 24.1 Å². The minimum Gasteiger partial charge on any atom is -0.491 e. The molecule has 4 rings (SSSR count). The number of likely N-dealkylation sites (tertiary alicyclic amines) is 1. The molecule has 0 N–H and O–H groups in total. The van der Waals surface area contributed by atoms with Crippen molar-refractivity contribution in [2.24, 2.45) is 7.05 Å². The summed E-state index contributed by atoms with van der Waals surface area (Å²) in [6, 6.07) is 7.22. The van der Waals surface area contributed by atoms with Gasteiger partial charge in [0.15, 0.2) is 5.69 Å². The number of aryl methyl sites for hydroxylation is 1. The summed E-state index contributed by atoms with van der Waals surface area (Å²) in [5.74, 6) is -0.421. The van der Waals surface area contributed by atoms with Crippen LogP contribution in [0.3, 0.4) is 0 Å². The molecular weight excluding hydrogens is 461 g/mol. The Labute approximate surface area is 200 Å². The molecule has 0 bridgehead atoms. The van der Waals surface area contributed by atoms with Crippen LogP contribution in [0.15, 0.2) is 30.6 Å². The normalized spacial score (nSPS) is 14.3. The number of ether oxygens (including phenoxy) is 1. The number of rotatable bonds is 7. The summed E-state index contributed by atoms with van der Waals surface area (Å²) in [4.78, 5) is 24.2. The van der Waals surface area contributed by atoms with Gasteiger partial charge >= 0.3 is 6.18 Å². The van der Waals surface area contributed by atoms with Crippen LogP contribution in [-0.2, 0) is 18.0 Å². The highest BCUT2D eigenvalue weighted by Gasteiger charge is 2.35. The molecule has 0 saturated carbocycles. The molecule has 1 amide bonds. The lowest BCUT2D eigenvalue weighted by Crippen LogP contribution is -2.39. The molecule has 184 valence electrons. The lowest BCUT2D eigenvalue weighted by Gasteiger charge is -2.22. The fourth-order valence-electron chi connectivity index (χ4n) is 4.06. The van der Waals surface area contributed by atoms with Crippen LogP contribution in [-0.4, -0.2) is 70.1 Å². The number of halogens is 3. The molecule has 11 heteroatoms. The van der Waals surface area contributed by atoms with Crippen LogP contribution in [0, 0.1) is 11.3 Å². The smallest absolute Gasteiger partial charge is 0.419 e. The number of pyridine rings is 1. The first-order valence-electron chi connectivity index (χ1n) is 11.2. The van der Waals surface area contributed by atoms with Crippen molar-refractivity contribution in [2.45, 2.75) is 19.0 Å². The predicted molar refractivity (Wildman–Crippen MR) is 122 cm³/mol. The summed E-state index contributed by atoms with van der Waals surface area (Å²) in [5.41, 5.74) is 0.476. The van der Waals surface area contributed by atoms with Crippen LogP contribution in [0.4, 0.5) is 13.2 Å². The van der Waals surface area contributed by atoms with E-state index in [4.69, 9.17) is 4.74 Å². The second-order valence-corrected chi connectivity index (χ2v) is 8.55. The number of hydrogen-bond donors (Lipinski definition) is 0. The van der Waals surface area contributed by atoms with Crippen molar-refractivity contribution in [1.29, 1.82) is 5.26 Å². The third kappa shape index (κ3) is 5.38. The SMILES string of the molecule is CN(CCOc1ccc(-c2cc3c(ncn3C)c(C#N)n2)cc1C(F)(F)F)C(=O)CN1CCCC1. The average molecular weight is 486 g/mol. The van der Waals surface area contributed by atoms with Gasteiger partial charge in [-0.25, -0.2) is 9.97 Å². The summed E-state index contributed by atoms with van der Waals surface area (Å²) in [5, 5.41) is 9.41. The molecule has 8 nitrogen and oxygen atoms in total. The highest BCUT2D eigenvalue weighted by molar-refractivity contribution is 5.84. The van der Waals surface area contributed by atoms with Crippen molar-refractivity contribution in [2.75, 3.05) is 39.8 Å². The maximum absolute atomic E-state index is 13.9. The van der Waals surface area contributed by atoms with Gasteiger partial charge in [-0.2, -0.15) is 18.4 Å². The zero-order valence-corrected chi connectivity index (χ0v) is 19.5. The predicted octanol–water partition coefficient (Wildman–Crippen LogP) is 3.46. The molecule has 1 aliphatic heterocycles. The highest BCUT2D eigenvalue weighted by Crippen LogP contribution is 2.39. The van der Waals surface area contributed by atoms with Crippen molar-refractivity contribution < 1.29 is 22.7 Å². The Morgan fingerprint density at radius 2 is 2.00 bits per heavy atom. The molecule has 1 fully saturated rings. The van der Waals surface area contributed by atoms with E-state index in [1.165, 1.54) is 23.4 Å². The monoisotopic (exact) mass is 486 g/mol. The lowest BCUT2D eigenvalue weighted by atomic mass is 10.1. The molecular formula is C24H25F3N6O2. The molecule has 1 aromatic carbocycles. The van der Waals surface area contributed by atoms with Gasteiger partial charge in [0.2, 0.25) is 5.91 Å². The fourth-order valence-corrected chi connectivity index (χ4v) is 4.06. The average Bonchev–Trinajstić information content (AvgIpc) is 3.47. The lowest BCUT2D eigenvalue weighted by molar-refractivity contribution is -0.139. The van der Waals surface area contributed by atoms with E-state index in [2.05, 4.69) is 14.9 Å². The van der Waals surface area contributed by atoms with Crippen LogP contribution in [0.25, 0.3) is 22.3 Å². The second kappa shape index (κ2) is 9.92. The molecule has 3 aromatic rings. The van der Waals surface area contributed by atoms with Gasteiger partial charge in [0.1, 0.15) is 23.9 Å². The number of likely N-dealkylation sites (N-methyl/N-ethyl adjacent to an activating group) is 1. The third-order valence-electron chi connectivity index (χ3n) is 6.07.